The molecule has 0 bridgehead atoms. The standard InChI is InChI=1S/C14H10BrClF3N/c15-11-8-10(16)6-7-12(11)20-13(14(17,18)19)9-4-2-1-3-5-9/h1-8,13,20H. The van der Waals surface area contributed by atoms with E-state index in [0.717, 1.165) is 0 Å². The van der Waals surface area contributed by atoms with Gasteiger partial charge in [0.05, 0.1) is 0 Å². The summed E-state index contributed by atoms with van der Waals surface area (Å²) in [5, 5.41) is 2.95. The molecule has 1 atom stereocenters. The highest BCUT2D eigenvalue weighted by atomic mass is 79.9. The van der Waals surface area contributed by atoms with E-state index in [2.05, 4.69) is 21.2 Å². The highest BCUT2D eigenvalue weighted by molar-refractivity contribution is 9.10. The first-order valence-electron chi connectivity index (χ1n) is 5.71. The summed E-state index contributed by atoms with van der Waals surface area (Å²) in [6, 6.07) is 10.5. The van der Waals surface area contributed by atoms with Crippen molar-refractivity contribution in [1.82, 2.24) is 0 Å². The predicted molar refractivity (Wildman–Crippen MR) is 78.0 cm³/mol. The fourth-order valence-electron chi connectivity index (χ4n) is 1.76. The van der Waals surface area contributed by atoms with Gasteiger partial charge < -0.3 is 5.32 Å². The lowest BCUT2D eigenvalue weighted by Gasteiger charge is -2.23. The van der Waals surface area contributed by atoms with E-state index in [1.54, 1.807) is 24.3 Å². The van der Waals surface area contributed by atoms with Crippen molar-refractivity contribution in [2.24, 2.45) is 0 Å². The van der Waals surface area contributed by atoms with E-state index < -0.39 is 12.2 Å². The topological polar surface area (TPSA) is 12.0 Å². The quantitative estimate of drug-likeness (QED) is 0.724. The molecule has 0 fully saturated rings. The smallest absolute Gasteiger partial charge is 0.369 e. The van der Waals surface area contributed by atoms with E-state index in [0.29, 0.717) is 15.2 Å². The largest absolute Gasteiger partial charge is 0.412 e. The van der Waals surface area contributed by atoms with E-state index in [9.17, 15) is 13.2 Å². The maximum Gasteiger partial charge on any atom is 0.412 e. The monoisotopic (exact) mass is 363 g/mol. The predicted octanol–water partition coefficient (Wildman–Crippen LogP) is 5.82. The lowest BCUT2D eigenvalue weighted by molar-refractivity contribution is -0.144. The van der Waals surface area contributed by atoms with Crippen LogP contribution in [-0.2, 0) is 0 Å². The molecule has 0 aliphatic carbocycles. The second-order valence-electron chi connectivity index (χ2n) is 4.15. The number of alkyl halides is 3. The van der Waals surface area contributed by atoms with Crippen LogP contribution in [-0.4, -0.2) is 6.18 Å². The Morgan fingerprint density at radius 2 is 1.70 bits per heavy atom. The van der Waals surface area contributed by atoms with Gasteiger partial charge in [0.1, 0.15) is 6.04 Å². The van der Waals surface area contributed by atoms with Gasteiger partial charge in [-0.15, -0.1) is 0 Å². The number of rotatable bonds is 3. The highest BCUT2D eigenvalue weighted by Gasteiger charge is 2.41. The molecule has 0 saturated carbocycles. The van der Waals surface area contributed by atoms with Gasteiger partial charge in [-0.2, -0.15) is 13.2 Å². The summed E-state index contributed by atoms with van der Waals surface area (Å²) < 4.78 is 40.1. The zero-order valence-electron chi connectivity index (χ0n) is 10.1. The van der Waals surface area contributed by atoms with E-state index in [1.807, 2.05) is 0 Å². The third-order valence-electron chi connectivity index (χ3n) is 2.69. The lowest BCUT2D eigenvalue weighted by atomic mass is 10.1. The molecule has 0 aliphatic rings. The van der Waals surface area contributed by atoms with Crippen molar-refractivity contribution in [3.63, 3.8) is 0 Å². The molecule has 0 aliphatic heterocycles. The number of nitrogens with one attached hydrogen (secondary N) is 1. The molecule has 106 valence electrons. The van der Waals surface area contributed by atoms with E-state index in [4.69, 9.17) is 11.6 Å². The first-order chi connectivity index (χ1) is 9.38. The Labute approximate surface area is 127 Å². The molecular formula is C14H10BrClF3N. The van der Waals surface area contributed by atoms with E-state index >= 15 is 0 Å². The van der Waals surface area contributed by atoms with Crippen LogP contribution in [0, 0.1) is 0 Å². The van der Waals surface area contributed by atoms with Gasteiger partial charge in [-0.25, -0.2) is 0 Å². The molecule has 0 saturated heterocycles. The number of benzene rings is 2. The molecule has 6 heteroatoms. The van der Waals surface area contributed by atoms with Crippen molar-refractivity contribution < 1.29 is 13.2 Å². The Bertz CT molecular complexity index is 587. The van der Waals surface area contributed by atoms with Crippen LogP contribution in [0.1, 0.15) is 11.6 Å². The number of anilines is 1. The molecule has 0 spiro atoms. The number of halogens is 5. The van der Waals surface area contributed by atoms with Gasteiger partial charge in [0, 0.05) is 15.2 Å². The summed E-state index contributed by atoms with van der Waals surface area (Å²) in [5.41, 5.74) is 0.488. The van der Waals surface area contributed by atoms with Crippen molar-refractivity contribution in [3.05, 3.63) is 63.6 Å². The molecule has 0 heterocycles. The van der Waals surface area contributed by atoms with Crippen molar-refractivity contribution in [3.8, 4) is 0 Å². The zero-order chi connectivity index (χ0) is 14.8. The van der Waals surface area contributed by atoms with Gasteiger partial charge in [0.15, 0.2) is 0 Å². The molecule has 1 nitrogen and oxygen atoms in total. The highest BCUT2D eigenvalue weighted by Crippen LogP contribution is 2.37. The van der Waals surface area contributed by atoms with Crippen molar-refractivity contribution in [1.29, 1.82) is 0 Å². The Kier molecular flexibility index (Phi) is 4.60. The molecule has 1 unspecified atom stereocenters. The second-order valence-corrected chi connectivity index (χ2v) is 5.44. The minimum absolute atomic E-state index is 0.154. The van der Waals surface area contributed by atoms with Gasteiger partial charge in [0.25, 0.3) is 0 Å². The Balaban J connectivity index is 2.34. The Morgan fingerprint density at radius 1 is 1.05 bits per heavy atom. The van der Waals surface area contributed by atoms with Crippen LogP contribution in [0.25, 0.3) is 0 Å². The minimum Gasteiger partial charge on any atom is -0.369 e. The van der Waals surface area contributed by atoms with Gasteiger partial charge in [-0.3, -0.25) is 0 Å². The second kappa shape index (κ2) is 6.06. The normalized spacial score (nSPS) is 13.1. The fraction of sp³-hybridized carbons (Fsp3) is 0.143. The number of hydrogen-bond acceptors (Lipinski definition) is 1. The summed E-state index contributed by atoms with van der Waals surface area (Å²) in [6.07, 6.45) is -4.40. The maximum atomic E-state index is 13.2. The van der Waals surface area contributed by atoms with Crippen molar-refractivity contribution in [2.75, 3.05) is 5.32 Å². The first kappa shape index (κ1) is 15.2. The Hall–Kier alpha value is -1.20. The molecule has 2 aromatic carbocycles. The van der Waals surface area contributed by atoms with Crippen molar-refractivity contribution in [2.45, 2.75) is 12.2 Å². The lowest BCUT2D eigenvalue weighted by Crippen LogP contribution is -2.28. The van der Waals surface area contributed by atoms with Gasteiger partial charge >= 0.3 is 6.18 Å². The van der Waals surface area contributed by atoms with E-state index in [1.165, 1.54) is 24.3 Å². The SMILES string of the molecule is FC(F)(F)C(Nc1ccc(Cl)cc1Br)c1ccccc1. The number of hydrogen-bond donors (Lipinski definition) is 1. The maximum absolute atomic E-state index is 13.2. The van der Waals surface area contributed by atoms with E-state index in [-0.39, 0.29) is 5.56 Å². The van der Waals surface area contributed by atoms with Crippen LogP contribution in [0.3, 0.4) is 0 Å². The average Bonchev–Trinajstić information content (AvgIpc) is 2.37. The van der Waals surface area contributed by atoms with Crippen LogP contribution in [0.5, 0.6) is 0 Å². The average molecular weight is 365 g/mol. The fourth-order valence-corrected chi connectivity index (χ4v) is 2.56. The molecule has 20 heavy (non-hydrogen) atoms. The van der Waals surface area contributed by atoms with Crippen LogP contribution in [0.4, 0.5) is 18.9 Å². The third-order valence-corrected chi connectivity index (χ3v) is 3.58. The third kappa shape index (κ3) is 3.67. The molecule has 0 aromatic heterocycles. The van der Waals surface area contributed by atoms with Crippen LogP contribution in [0.15, 0.2) is 53.0 Å². The minimum atomic E-state index is -4.40. The molecule has 1 N–H and O–H groups in total. The Morgan fingerprint density at radius 3 is 2.25 bits per heavy atom. The summed E-state index contributed by atoms with van der Waals surface area (Å²) in [6.45, 7) is 0. The first-order valence-corrected chi connectivity index (χ1v) is 6.88. The molecule has 0 radical (unpaired) electrons. The summed E-state index contributed by atoms with van der Waals surface area (Å²) in [5.74, 6) is 0. The summed E-state index contributed by atoms with van der Waals surface area (Å²) in [7, 11) is 0. The van der Waals surface area contributed by atoms with Crippen LogP contribution in [0.2, 0.25) is 5.02 Å². The molecule has 0 amide bonds. The van der Waals surface area contributed by atoms with Gasteiger partial charge in [-0.05, 0) is 39.7 Å². The van der Waals surface area contributed by atoms with Crippen molar-refractivity contribution >= 4 is 33.2 Å². The summed E-state index contributed by atoms with van der Waals surface area (Å²) in [4.78, 5) is 0. The molecule has 2 aromatic rings. The van der Waals surface area contributed by atoms with Gasteiger partial charge in [0.2, 0.25) is 0 Å². The van der Waals surface area contributed by atoms with Gasteiger partial charge in [-0.1, -0.05) is 41.9 Å². The zero-order valence-corrected chi connectivity index (χ0v) is 12.4. The molecule has 2 rings (SSSR count). The molecular weight excluding hydrogens is 355 g/mol. The summed E-state index contributed by atoms with van der Waals surface area (Å²) >= 11 is 8.98. The van der Waals surface area contributed by atoms with Crippen LogP contribution >= 0.6 is 27.5 Å². The van der Waals surface area contributed by atoms with Crippen LogP contribution < -0.4 is 5.32 Å².